The van der Waals surface area contributed by atoms with E-state index in [0.717, 1.165) is 19.4 Å². The second-order valence-electron chi connectivity index (χ2n) is 5.71. The van der Waals surface area contributed by atoms with Crippen molar-refractivity contribution in [3.8, 4) is 0 Å². The summed E-state index contributed by atoms with van der Waals surface area (Å²) in [7, 11) is 4.07. The molecular weight excluding hydrogens is 214 g/mol. The van der Waals surface area contributed by atoms with E-state index in [0.29, 0.717) is 12.0 Å². The highest BCUT2D eigenvalue weighted by Gasteiger charge is 2.20. The number of rotatable bonds is 5. The van der Waals surface area contributed by atoms with E-state index < -0.39 is 0 Å². The molecule has 4 heteroatoms. The SMILES string of the molecule is CC(C)C(CN(C)C)NC(=O)NC1CCCC1. The lowest BCUT2D eigenvalue weighted by atomic mass is 10.0. The van der Waals surface area contributed by atoms with Crippen LogP contribution in [-0.4, -0.2) is 43.7 Å². The zero-order valence-electron chi connectivity index (χ0n) is 11.6. The summed E-state index contributed by atoms with van der Waals surface area (Å²) in [6.07, 6.45) is 4.76. The molecule has 0 spiro atoms. The number of amides is 2. The minimum Gasteiger partial charge on any atom is -0.335 e. The molecule has 1 atom stereocenters. The van der Waals surface area contributed by atoms with Crippen LogP contribution in [0.15, 0.2) is 0 Å². The van der Waals surface area contributed by atoms with Gasteiger partial charge in [0.1, 0.15) is 0 Å². The van der Waals surface area contributed by atoms with E-state index in [4.69, 9.17) is 0 Å². The van der Waals surface area contributed by atoms with Gasteiger partial charge in [0.15, 0.2) is 0 Å². The zero-order chi connectivity index (χ0) is 12.8. The standard InChI is InChI=1S/C13H27N3O/c1-10(2)12(9-16(3)4)15-13(17)14-11-7-5-6-8-11/h10-12H,5-9H2,1-4H3,(H2,14,15,17). The van der Waals surface area contributed by atoms with Gasteiger partial charge in [-0.25, -0.2) is 4.79 Å². The Morgan fingerprint density at radius 3 is 2.35 bits per heavy atom. The molecule has 1 rings (SSSR count). The number of carbonyl (C=O) groups excluding carboxylic acids is 1. The molecule has 1 aliphatic rings. The van der Waals surface area contributed by atoms with Gasteiger partial charge < -0.3 is 15.5 Å². The second kappa shape index (κ2) is 6.84. The molecule has 0 saturated heterocycles. The number of urea groups is 1. The molecule has 1 unspecified atom stereocenters. The predicted molar refractivity (Wildman–Crippen MR) is 71.1 cm³/mol. The fourth-order valence-corrected chi connectivity index (χ4v) is 2.28. The average molecular weight is 241 g/mol. The monoisotopic (exact) mass is 241 g/mol. The highest BCUT2D eigenvalue weighted by molar-refractivity contribution is 5.74. The van der Waals surface area contributed by atoms with Crippen LogP contribution in [0.5, 0.6) is 0 Å². The Labute approximate surface area is 105 Å². The maximum absolute atomic E-state index is 11.9. The topological polar surface area (TPSA) is 44.4 Å². The fraction of sp³-hybridized carbons (Fsp3) is 0.923. The highest BCUT2D eigenvalue weighted by Crippen LogP contribution is 2.17. The van der Waals surface area contributed by atoms with Crippen molar-refractivity contribution in [2.75, 3.05) is 20.6 Å². The smallest absolute Gasteiger partial charge is 0.315 e. The first kappa shape index (κ1) is 14.3. The van der Waals surface area contributed by atoms with Gasteiger partial charge in [0.25, 0.3) is 0 Å². The summed E-state index contributed by atoms with van der Waals surface area (Å²) in [5, 5.41) is 6.15. The van der Waals surface area contributed by atoms with Crippen LogP contribution in [-0.2, 0) is 0 Å². The Kier molecular flexibility index (Phi) is 5.75. The number of carbonyl (C=O) groups is 1. The summed E-state index contributed by atoms with van der Waals surface area (Å²) in [5.41, 5.74) is 0. The Morgan fingerprint density at radius 2 is 1.88 bits per heavy atom. The molecule has 1 fully saturated rings. The van der Waals surface area contributed by atoms with Crippen LogP contribution in [0.25, 0.3) is 0 Å². The summed E-state index contributed by atoms with van der Waals surface area (Å²) in [6, 6.07) is 0.603. The van der Waals surface area contributed by atoms with E-state index in [2.05, 4.69) is 29.4 Å². The maximum Gasteiger partial charge on any atom is 0.315 e. The molecular formula is C13H27N3O. The second-order valence-corrected chi connectivity index (χ2v) is 5.71. The molecule has 0 aromatic carbocycles. The predicted octanol–water partition coefficient (Wildman–Crippen LogP) is 1.81. The van der Waals surface area contributed by atoms with Gasteiger partial charge in [0.05, 0.1) is 0 Å². The van der Waals surface area contributed by atoms with Crippen LogP contribution >= 0.6 is 0 Å². The number of likely N-dealkylation sites (N-methyl/N-ethyl adjacent to an activating group) is 1. The number of nitrogens with one attached hydrogen (secondary N) is 2. The summed E-state index contributed by atoms with van der Waals surface area (Å²) in [6.45, 7) is 5.17. The molecule has 2 amide bonds. The van der Waals surface area contributed by atoms with Crippen LogP contribution in [0.4, 0.5) is 4.79 Å². The van der Waals surface area contributed by atoms with Crippen LogP contribution in [0.3, 0.4) is 0 Å². The number of hydrogen-bond donors (Lipinski definition) is 2. The summed E-state index contributed by atoms with van der Waals surface area (Å²) < 4.78 is 0. The first-order chi connectivity index (χ1) is 7.99. The van der Waals surface area contributed by atoms with E-state index in [1.54, 1.807) is 0 Å². The maximum atomic E-state index is 11.9. The summed E-state index contributed by atoms with van der Waals surface area (Å²) >= 11 is 0. The Morgan fingerprint density at radius 1 is 1.29 bits per heavy atom. The molecule has 100 valence electrons. The van der Waals surface area contributed by atoms with Crippen molar-refractivity contribution in [3.05, 3.63) is 0 Å². The van der Waals surface area contributed by atoms with E-state index in [9.17, 15) is 4.79 Å². The Bertz CT molecular complexity index is 235. The Hall–Kier alpha value is -0.770. The third-order valence-corrected chi connectivity index (χ3v) is 3.37. The molecule has 1 aliphatic carbocycles. The van der Waals surface area contributed by atoms with Crippen molar-refractivity contribution in [1.82, 2.24) is 15.5 Å². The molecule has 1 saturated carbocycles. The number of hydrogen-bond acceptors (Lipinski definition) is 2. The van der Waals surface area contributed by atoms with Crippen molar-refractivity contribution in [3.63, 3.8) is 0 Å². The molecule has 0 aromatic rings. The van der Waals surface area contributed by atoms with Gasteiger partial charge in [0.2, 0.25) is 0 Å². The molecule has 0 bridgehead atoms. The molecule has 0 aromatic heterocycles. The summed E-state index contributed by atoms with van der Waals surface area (Å²) in [5.74, 6) is 0.451. The third kappa shape index (κ3) is 5.39. The first-order valence-electron chi connectivity index (χ1n) is 6.70. The van der Waals surface area contributed by atoms with Gasteiger partial charge in [-0.3, -0.25) is 0 Å². The molecule has 0 aliphatic heterocycles. The van der Waals surface area contributed by atoms with Crippen molar-refractivity contribution in [2.45, 2.75) is 51.6 Å². The van der Waals surface area contributed by atoms with Crippen molar-refractivity contribution in [2.24, 2.45) is 5.92 Å². The van der Waals surface area contributed by atoms with Crippen LogP contribution in [0.2, 0.25) is 0 Å². The van der Waals surface area contributed by atoms with E-state index in [1.165, 1.54) is 12.8 Å². The summed E-state index contributed by atoms with van der Waals surface area (Å²) in [4.78, 5) is 14.0. The lowest BCUT2D eigenvalue weighted by molar-refractivity contribution is 0.221. The lowest BCUT2D eigenvalue weighted by Crippen LogP contribution is -2.50. The third-order valence-electron chi connectivity index (χ3n) is 3.37. The highest BCUT2D eigenvalue weighted by atomic mass is 16.2. The normalized spacial score (nSPS) is 18.7. The molecule has 4 nitrogen and oxygen atoms in total. The van der Waals surface area contributed by atoms with E-state index in [-0.39, 0.29) is 12.1 Å². The van der Waals surface area contributed by atoms with Crippen LogP contribution in [0, 0.1) is 5.92 Å². The van der Waals surface area contributed by atoms with Gasteiger partial charge in [-0.15, -0.1) is 0 Å². The van der Waals surface area contributed by atoms with Crippen LogP contribution < -0.4 is 10.6 Å². The minimum atomic E-state index is -0.00236. The largest absolute Gasteiger partial charge is 0.335 e. The van der Waals surface area contributed by atoms with Crippen molar-refractivity contribution >= 4 is 6.03 Å². The van der Waals surface area contributed by atoms with E-state index >= 15 is 0 Å². The molecule has 2 N–H and O–H groups in total. The van der Waals surface area contributed by atoms with Gasteiger partial charge in [-0.2, -0.15) is 0 Å². The number of nitrogens with zero attached hydrogens (tertiary/aromatic N) is 1. The Balaban J connectivity index is 2.34. The average Bonchev–Trinajstić information content (AvgIpc) is 2.68. The van der Waals surface area contributed by atoms with Crippen molar-refractivity contribution < 1.29 is 4.79 Å². The molecule has 0 radical (unpaired) electrons. The fourth-order valence-electron chi connectivity index (χ4n) is 2.28. The lowest BCUT2D eigenvalue weighted by Gasteiger charge is -2.26. The van der Waals surface area contributed by atoms with Gasteiger partial charge in [-0.1, -0.05) is 26.7 Å². The quantitative estimate of drug-likeness (QED) is 0.771. The molecule has 17 heavy (non-hydrogen) atoms. The zero-order valence-corrected chi connectivity index (χ0v) is 11.6. The van der Waals surface area contributed by atoms with E-state index in [1.807, 2.05) is 14.1 Å². The first-order valence-corrected chi connectivity index (χ1v) is 6.70. The van der Waals surface area contributed by atoms with Gasteiger partial charge >= 0.3 is 6.03 Å². The molecule has 0 heterocycles. The van der Waals surface area contributed by atoms with Gasteiger partial charge in [0, 0.05) is 18.6 Å². The van der Waals surface area contributed by atoms with Crippen LogP contribution in [0.1, 0.15) is 39.5 Å². The van der Waals surface area contributed by atoms with Crippen molar-refractivity contribution in [1.29, 1.82) is 0 Å². The minimum absolute atomic E-state index is 0.00236. The van der Waals surface area contributed by atoms with Gasteiger partial charge in [-0.05, 0) is 32.9 Å².